The topological polar surface area (TPSA) is 9.23 Å². The number of halogens is 2. The number of benzene rings is 1. The van der Waals surface area contributed by atoms with E-state index in [0.717, 1.165) is 6.42 Å². The second-order valence-corrected chi connectivity index (χ2v) is 4.18. The lowest BCUT2D eigenvalue weighted by Gasteiger charge is -2.24. The third-order valence-corrected chi connectivity index (χ3v) is 2.87. The molecule has 0 aromatic heterocycles. The van der Waals surface area contributed by atoms with Crippen LogP contribution in [0.2, 0.25) is 0 Å². The molecule has 0 saturated carbocycles. The van der Waals surface area contributed by atoms with Crippen LogP contribution in [0.1, 0.15) is 32.8 Å². The SMILES string of the molecule is CCC(C)(C)c1ccc(F)c(OC)c1F. The van der Waals surface area contributed by atoms with Crippen LogP contribution in [0.25, 0.3) is 0 Å². The fraction of sp³-hybridized carbons (Fsp3) is 0.500. The van der Waals surface area contributed by atoms with Crippen molar-refractivity contribution in [3.63, 3.8) is 0 Å². The van der Waals surface area contributed by atoms with Gasteiger partial charge in [-0.2, -0.15) is 0 Å². The van der Waals surface area contributed by atoms with E-state index in [-0.39, 0.29) is 11.2 Å². The van der Waals surface area contributed by atoms with Gasteiger partial charge in [0, 0.05) is 0 Å². The molecule has 0 aliphatic carbocycles. The van der Waals surface area contributed by atoms with E-state index >= 15 is 0 Å². The average Bonchev–Trinajstić information content (AvgIpc) is 2.18. The van der Waals surface area contributed by atoms with Gasteiger partial charge >= 0.3 is 0 Å². The number of hydrogen-bond donors (Lipinski definition) is 0. The van der Waals surface area contributed by atoms with E-state index in [1.54, 1.807) is 0 Å². The zero-order valence-electron chi connectivity index (χ0n) is 9.53. The molecule has 3 heteroatoms. The van der Waals surface area contributed by atoms with Gasteiger partial charge in [0.2, 0.25) is 0 Å². The Bertz CT molecular complexity index is 359. The molecule has 1 rings (SSSR count). The fourth-order valence-electron chi connectivity index (χ4n) is 1.43. The molecule has 0 unspecified atom stereocenters. The first kappa shape index (κ1) is 12.0. The lowest BCUT2D eigenvalue weighted by atomic mass is 9.82. The van der Waals surface area contributed by atoms with Crippen LogP contribution in [0.4, 0.5) is 8.78 Å². The first-order chi connectivity index (χ1) is 6.94. The van der Waals surface area contributed by atoms with E-state index in [0.29, 0.717) is 5.56 Å². The summed E-state index contributed by atoms with van der Waals surface area (Å²) in [5, 5.41) is 0. The van der Waals surface area contributed by atoms with Crippen molar-refractivity contribution in [3.05, 3.63) is 29.3 Å². The molecule has 0 atom stereocenters. The van der Waals surface area contributed by atoms with E-state index in [1.165, 1.54) is 19.2 Å². The molecule has 0 saturated heterocycles. The lowest BCUT2D eigenvalue weighted by molar-refractivity contribution is 0.350. The van der Waals surface area contributed by atoms with Crippen LogP contribution in [-0.4, -0.2) is 7.11 Å². The van der Waals surface area contributed by atoms with E-state index in [2.05, 4.69) is 0 Å². The fourth-order valence-corrected chi connectivity index (χ4v) is 1.43. The Morgan fingerprint density at radius 3 is 2.33 bits per heavy atom. The Kier molecular flexibility index (Phi) is 3.32. The number of hydrogen-bond acceptors (Lipinski definition) is 1. The first-order valence-corrected chi connectivity index (χ1v) is 4.96. The third kappa shape index (κ3) is 2.11. The van der Waals surface area contributed by atoms with E-state index in [4.69, 9.17) is 4.74 Å². The highest BCUT2D eigenvalue weighted by molar-refractivity contribution is 5.36. The molecule has 0 aliphatic rings. The maximum atomic E-state index is 13.9. The van der Waals surface area contributed by atoms with Gasteiger partial charge < -0.3 is 4.74 Å². The minimum absolute atomic E-state index is 0.297. The molecule has 15 heavy (non-hydrogen) atoms. The van der Waals surface area contributed by atoms with Gasteiger partial charge in [-0.25, -0.2) is 8.78 Å². The van der Waals surface area contributed by atoms with Crippen molar-refractivity contribution in [3.8, 4) is 5.75 Å². The normalized spacial score (nSPS) is 11.6. The van der Waals surface area contributed by atoms with Crippen LogP contribution in [0, 0.1) is 11.6 Å². The molecule has 1 nitrogen and oxygen atoms in total. The molecular formula is C12H16F2O. The summed E-state index contributed by atoms with van der Waals surface area (Å²) in [5.74, 6) is -1.55. The van der Waals surface area contributed by atoms with Gasteiger partial charge in [-0.1, -0.05) is 26.8 Å². The van der Waals surface area contributed by atoms with Crippen molar-refractivity contribution in [2.24, 2.45) is 0 Å². The van der Waals surface area contributed by atoms with Crippen LogP contribution in [0.3, 0.4) is 0 Å². The predicted octanol–water partition coefficient (Wildman–Crippen LogP) is 3.66. The summed E-state index contributed by atoms with van der Waals surface area (Å²) in [7, 11) is 1.27. The van der Waals surface area contributed by atoms with Gasteiger partial charge in [-0.3, -0.25) is 0 Å². The Morgan fingerprint density at radius 2 is 1.87 bits per heavy atom. The summed E-state index contributed by atoms with van der Waals surface area (Å²) < 4.78 is 31.7. The van der Waals surface area contributed by atoms with Crippen LogP contribution in [-0.2, 0) is 5.41 Å². The van der Waals surface area contributed by atoms with Crippen molar-refractivity contribution in [1.29, 1.82) is 0 Å². The van der Waals surface area contributed by atoms with Crippen LogP contribution >= 0.6 is 0 Å². The molecule has 1 aromatic rings. The molecule has 84 valence electrons. The van der Waals surface area contributed by atoms with Gasteiger partial charge in [0.25, 0.3) is 0 Å². The molecule has 0 amide bonds. The molecule has 0 spiro atoms. The highest BCUT2D eigenvalue weighted by Crippen LogP contribution is 2.34. The predicted molar refractivity (Wildman–Crippen MR) is 56.2 cm³/mol. The molecule has 0 radical (unpaired) electrons. The first-order valence-electron chi connectivity index (χ1n) is 4.96. The second kappa shape index (κ2) is 4.17. The Hall–Kier alpha value is -1.12. The summed E-state index contributed by atoms with van der Waals surface area (Å²) in [5.41, 5.74) is 0.175. The van der Waals surface area contributed by atoms with Crippen molar-refractivity contribution < 1.29 is 13.5 Å². The molecule has 0 N–H and O–H groups in total. The average molecular weight is 214 g/mol. The summed E-state index contributed by atoms with van der Waals surface area (Å²) in [6, 6.07) is 2.73. The van der Waals surface area contributed by atoms with Gasteiger partial charge in [-0.15, -0.1) is 0 Å². The summed E-state index contributed by atoms with van der Waals surface area (Å²) in [6.45, 7) is 5.81. The maximum absolute atomic E-state index is 13.9. The van der Waals surface area contributed by atoms with Crippen molar-refractivity contribution >= 4 is 0 Å². The molecule has 0 aliphatic heterocycles. The second-order valence-electron chi connectivity index (χ2n) is 4.18. The van der Waals surface area contributed by atoms with Crippen molar-refractivity contribution in [2.75, 3.05) is 7.11 Å². The van der Waals surface area contributed by atoms with Gasteiger partial charge in [0.1, 0.15) is 0 Å². The number of ether oxygens (including phenoxy) is 1. The monoisotopic (exact) mass is 214 g/mol. The van der Waals surface area contributed by atoms with Crippen molar-refractivity contribution in [2.45, 2.75) is 32.6 Å². The summed E-state index contributed by atoms with van der Waals surface area (Å²) in [4.78, 5) is 0. The summed E-state index contributed by atoms with van der Waals surface area (Å²) >= 11 is 0. The third-order valence-electron chi connectivity index (χ3n) is 2.87. The van der Waals surface area contributed by atoms with Crippen molar-refractivity contribution in [1.82, 2.24) is 0 Å². The quantitative estimate of drug-likeness (QED) is 0.746. The van der Waals surface area contributed by atoms with E-state index < -0.39 is 11.6 Å². The molecule has 0 fully saturated rings. The smallest absolute Gasteiger partial charge is 0.190 e. The molecule has 1 aromatic carbocycles. The summed E-state index contributed by atoms with van der Waals surface area (Å²) in [6.07, 6.45) is 0.776. The van der Waals surface area contributed by atoms with Gasteiger partial charge in [0.15, 0.2) is 17.4 Å². The standard InChI is InChI=1S/C12H16F2O/c1-5-12(2,3)8-6-7-9(13)11(15-4)10(8)14/h6-7H,5H2,1-4H3. The van der Waals surface area contributed by atoms with E-state index in [9.17, 15) is 8.78 Å². The molecular weight excluding hydrogens is 198 g/mol. The van der Waals surface area contributed by atoms with Crippen LogP contribution in [0.15, 0.2) is 12.1 Å². The Labute approximate surface area is 89.1 Å². The highest BCUT2D eigenvalue weighted by atomic mass is 19.1. The van der Waals surface area contributed by atoms with E-state index in [1.807, 2.05) is 20.8 Å². The maximum Gasteiger partial charge on any atom is 0.190 e. The van der Waals surface area contributed by atoms with Crippen LogP contribution in [0.5, 0.6) is 5.75 Å². The largest absolute Gasteiger partial charge is 0.491 e. The lowest BCUT2D eigenvalue weighted by Crippen LogP contribution is -2.18. The zero-order chi connectivity index (χ0) is 11.6. The van der Waals surface area contributed by atoms with Gasteiger partial charge in [0.05, 0.1) is 7.11 Å². The number of rotatable bonds is 3. The van der Waals surface area contributed by atoms with Crippen LogP contribution < -0.4 is 4.74 Å². The Morgan fingerprint density at radius 1 is 1.27 bits per heavy atom. The zero-order valence-corrected chi connectivity index (χ0v) is 9.53. The number of methoxy groups -OCH3 is 1. The van der Waals surface area contributed by atoms with Gasteiger partial charge in [-0.05, 0) is 23.5 Å². The minimum atomic E-state index is -0.661. The minimum Gasteiger partial charge on any atom is -0.491 e. The Balaban J connectivity index is 3.34. The molecule has 0 heterocycles. The highest BCUT2D eigenvalue weighted by Gasteiger charge is 2.25. The molecule has 0 bridgehead atoms.